The fraction of sp³-hybridized carbons (Fsp3) is 0.143. The van der Waals surface area contributed by atoms with Crippen LogP contribution in [0.1, 0.15) is 38.7 Å². The van der Waals surface area contributed by atoms with Crippen LogP contribution >= 0.6 is 11.8 Å². The SMILES string of the molecule is Cc1ccc(S(=O)(=O)Oc2nc(SCC(=O)c3ccccc3)nc(C(C#N)c3ccccc3)c2C)cc1. The van der Waals surface area contributed by atoms with E-state index in [1.165, 1.54) is 12.1 Å². The minimum Gasteiger partial charge on any atom is -0.358 e. The van der Waals surface area contributed by atoms with E-state index >= 15 is 0 Å². The number of hydrogen-bond donors (Lipinski definition) is 0. The molecule has 0 N–H and O–H groups in total. The minimum absolute atomic E-state index is 0.0222. The molecule has 1 heterocycles. The normalized spacial score (nSPS) is 11.9. The Morgan fingerprint density at radius 3 is 2.19 bits per heavy atom. The van der Waals surface area contributed by atoms with Gasteiger partial charge in [-0.3, -0.25) is 4.79 Å². The first-order valence-electron chi connectivity index (χ1n) is 11.3. The van der Waals surface area contributed by atoms with E-state index < -0.39 is 16.0 Å². The number of nitrogens with zero attached hydrogens (tertiary/aromatic N) is 3. The molecule has 1 unspecified atom stereocenters. The van der Waals surface area contributed by atoms with Crippen molar-refractivity contribution in [3.8, 4) is 11.9 Å². The summed E-state index contributed by atoms with van der Waals surface area (Å²) < 4.78 is 31.6. The van der Waals surface area contributed by atoms with Crippen LogP contribution in [-0.4, -0.2) is 29.9 Å². The molecule has 3 aromatic carbocycles. The predicted molar refractivity (Wildman–Crippen MR) is 141 cm³/mol. The van der Waals surface area contributed by atoms with Gasteiger partial charge in [0.25, 0.3) is 0 Å². The zero-order valence-corrected chi connectivity index (χ0v) is 21.8. The highest BCUT2D eigenvalue weighted by Crippen LogP contribution is 2.33. The molecule has 0 radical (unpaired) electrons. The number of aryl methyl sites for hydroxylation is 1. The number of thioether (sulfide) groups is 1. The van der Waals surface area contributed by atoms with Gasteiger partial charge in [0.1, 0.15) is 10.8 Å². The molecule has 0 aliphatic heterocycles. The van der Waals surface area contributed by atoms with Crippen molar-refractivity contribution in [1.82, 2.24) is 9.97 Å². The van der Waals surface area contributed by atoms with Crippen molar-refractivity contribution in [3.63, 3.8) is 0 Å². The second kappa shape index (κ2) is 11.4. The Balaban J connectivity index is 1.73. The standard InChI is InChI=1S/C28H23N3O4S2/c1-19-13-15-23(16-14-19)37(33,34)35-27-20(2)26(24(17-29)21-9-5-3-6-10-21)30-28(31-27)36-18-25(32)22-11-7-4-8-12-22/h3-16,24H,18H2,1-2H3. The molecule has 186 valence electrons. The molecule has 7 nitrogen and oxygen atoms in total. The molecule has 0 aliphatic rings. The first kappa shape index (κ1) is 26.1. The Morgan fingerprint density at radius 1 is 0.946 bits per heavy atom. The van der Waals surface area contributed by atoms with Crippen LogP contribution in [-0.2, 0) is 10.1 Å². The summed E-state index contributed by atoms with van der Waals surface area (Å²) in [5, 5.41) is 10.1. The maximum absolute atomic E-state index is 13.0. The highest BCUT2D eigenvalue weighted by Gasteiger charge is 2.26. The van der Waals surface area contributed by atoms with Gasteiger partial charge < -0.3 is 4.18 Å². The summed E-state index contributed by atoms with van der Waals surface area (Å²) in [5.41, 5.74) is 2.77. The molecular weight excluding hydrogens is 506 g/mol. The third-order valence-electron chi connectivity index (χ3n) is 5.58. The first-order valence-corrected chi connectivity index (χ1v) is 13.7. The number of carbonyl (C=O) groups excluding carboxylic acids is 1. The fourth-order valence-electron chi connectivity index (χ4n) is 3.55. The Kier molecular flexibility index (Phi) is 8.01. The van der Waals surface area contributed by atoms with Gasteiger partial charge in [-0.1, -0.05) is 90.1 Å². The van der Waals surface area contributed by atoms with Gasteiger partial charge in [0.15, 0.2) is 10.9 Å². The number of ketones is 1. The van der Waals surface area contributed by atoms with Gasteiger partial charge in [-0.25, -0.2) is 4.98 Å². The lowest BCUT2D eigenvalue weighted by Crippen LogP contribution is -2.15. The van der Waals surface area contributed by atoms with E-state index in [1.807, 2.05) is 31.2 Å². The average molecular weight is 530 g/mol. The third kappa shape index (κ3) is 6.23. The minimum atomic E-state index is -4.21. The van der Waals surface area contributed by atoms with Crippen LogP contribution < -0.4 is 4.18 Å². The van der Waals surface area contributed by atoms with Crippen LogP contribution in [0.3, 0.4) is 0 Å². The Labute approximate surface area is 220 Å². The number of aromatic nitrogens is 2. The highest BCUT2D eigenvalue weighted by atomic mass is 32.2. The Bertz CT molecular complexity index is 1550. The lowest BCUT2D eigenvalue weighted by molar-refractivity contribution is 0.102. The fourth-order valence-corrected chi connectivity index (χ4v) is 5.23. The van der Waals surface area contributed by atoms with Gasteiger partial charge in [-0.2, -0.15) is 18.7 Å². The molecule has 1 atom stereocenters. The van der Waals surface area contributed by atoms with Crippen LogP contribution in [0.25, 0.3) is 0 Å². The zero-order chi connectivity index (χ0) is 26.4. The third-order valence-corrected chi connectivity index (χ3v) is 7.65. The van der Waals surface area contributed by atoms with Crippen molar-refractivity contribution in [3.05, 3.63) is 113 Å². The summed E-state index contributed by atoms with van der Waals surface area (Å²) in [7, 11) is -4.21. The summed E-state index contributed by atoms with van der Waals surface area (Å²) in [4.78, 5) is 21.5. The smallest absolute Gasteiger partial charge is 0.340 e. The molecule has 0 saturated carbocycles. The topological polar surface area (TPSA) is 110 Å². The highest BCUT2D eigenvalue weighted by molar-refractivity contribution is 7.99. The van der Waals surface area contributed by atoms with Crippen molar-refractivity contribution in [2.24, 2.45) is 0 Å². The van der Waals surface area contributed by atoms with Crippen LogP contribution in [0.2, 0.25) is 0 Å². The van der Waals surface area contributed by atoms with Crippen LogP contribution in [0.5, 0.6) is 5.88 Å². The number of Topliss-reactive ketones (excluding diaryl/α,β-unsaturated/α-hetero) is 1. The molecule has 37 heavy (non-hydrogen) atoms. The Hall–Kier alpha value is -4.00. The molecule has 9 heteroatoms. The largest absolute Gasteiger partial charge is 0.358 e. The molecule has 0 amide bonds. The lowest BCUT2D eigenvalue weighted by Gasteiger charge is -2.16. The lowest BCUT2D eigenvalue weighted by atomic mass is 9.94. The van der Waals surface area contributed by atoms with E-state index in [0.29, 0.717) is 22.4 Å². The number of benzene rings is 3. The summed E-state index contributed by atoms with van der Waals surface area (Å²) in [6, 6.07) is 26.4. The molecule has 0 saturated heterocycles. The summed E-state index contributed by atoms with van der Waals surface area (Å²) in [5.74, 6) is -1.08. The summed E-state index contributed by atoms with van der Waals surface area (Å²) in [6.45, 7) is 3.47. The van der Waals surface area contributed by atoms with Crippen LogP contribution in [0, 0.1) is 25.2 Å². The number of carbonyl (C=O) groups is 1. The molecule has 0 aliphatic carbocycles. The summed E-state index contributed by atoms with van der Waals surface area (Å²) >= 11 is 1.05. The second-order valence-electron chi connectivity index (χ2n) is 8.22. The molecule has 4 rings (SSSR count). The van der Waals surface area contributed by atoms with Gasteiger partial charge >= 0.3 is 10.1 Å². The van der Waals surface area contributed by atoms with E-state index in [-0.39, 0.29) is 27.5 Å². The van der Waals surface area contributed by atoms with Gasteiger partial charge in [0.2, 0.25) is 5.88 Å². The summed E-state index contributed by atoms with van der Waals surface area (Å²) in [6.07, 6.45) is 0. The molecule has 4 aromatic rings. The van der Waals surface area contributed by atoms with E-state index in [1.54, 1.807) is 55.5 Å². The van der Waals surface area contributed by atoms with Crippen molar-refractivity contribution < 1.29 is 17.4 Å². The van der Waals surface area contributed by atoms with Crippen molar-refractivity contribution in [1.29, 1.82) is 5.26 Å². The number of nitriles is 1. The number of hydrogen-bond acceptors (Lipinski definition) is 8. The molecular formula is C28H23N3O4S2. The van der Waals surface area contributed by atoms with Crippen LogP contribution in [0.4, 0.5) is 0 Å². The predicted octanol–water partition coefficient (Wildman–Crippen LogP) is 5.49. The van der Waals surface area contributed by atoms with Gasteiger partial charge in [0.05, 0.1) is 17.5 Å². The van der Waals surface area contributed by atoms with E-state index in [9.17, 15) is 18.5 Å². The van der Waals surface area contributed by atoms with Crippen molar-refractivity contribution in [2.75, 3.05) is 5.75 Å². The first-order chi connectivity index (χ1) is 17.8. The maximum Gasteiger partial charge on any atom is 0.340 e. The second-order valence-corrected chi connectivity index (χ2v) is 10.7. The molecule has 1 aromatic heterocycles. The van der Waals surface area contributed by atoms with E-state index in [4.69, 9.17) is 4.18 Å². The Morgan fingerprint density at radius 2 is 1.57 bits per heavy atom. The van der Waals surface area contributed by atoms with Crippen molar-refractivity contribution >= 4 is 27.7 Å². The number of rotatable bonds is 9. The van der Waals surface area contributed by atoms with Crippen molar-refractivity contribution in [2.45, 2.75) is 29.8 Å². The zero-order valence-electron chi connectivity index (χ0n) is 20.2. The quantitative estimate of drug-likeness (QED) is 0.121. The van der Waals surface area contributed by atoms with Gasteiger partial charge in [-0.15, -0.1) is 0 Å². The molecule has 0 spiro atoms. The monoisotopic (exact) mass is 529 g/mol. The van der Waals surface area contributed by atoms with E-state index in [2.05, 4.69) is 16.0 Å². The molecule has 0 fully saturated rings. The average Bonchev–Trinajstić information content (AvgIpc) is 2.91. The molecule has 0 bridgehead atoms. The van der Waals surface area contributed by atoms with E-state index in [0.717, 1.165) is 17.3 Å². The van der Waals surface area contributed by atoms with Gasteiger partial charge in [-0.05, 0) is 31.5 Å². The van der Waals surface area contributed by atoms with Gasteiger partial charge in [0, 0.05) is 11.1 Å². The maximum atomic E-state index is 13.0. The van der Waals surface area contributed by atoms with Crippen LogP contribution in [0.15, 0.2) is 95.0 Å².